The fourth-order valence-electron chi connectivity index (χ4n) is 5.26. The van der Waals surface area contributed by atoms with E-state index in [-0.39, 0.29) is 6.17 Å². The molecule has 6 unspecified atom stereocenters. The summed E-state index contributed by atoms with van der Waals surface area (Å²) in [6.07, 6.45) is 5.96. The van der Waals surface area contributed by atoms with Crippen molar-refractivity contribution in [3.8, 4) is 0 Å². The zero-order valence-corrected chi connectivity index (χ0v) is 17.4. The van der Waals surface area contributed by atoms with Crippen LogP contribution in [-0.4, -0.2) is 29.0 Å². The molecule has 5 rings (SSSR count). The summed E-state index contributed by atoms with van der Waals surface area (Å²) in [7, 11) is 0. The number of hydrogen-bond donors (Lipinski definition) is 2. The van der Waals surface area contributed by atoms with E-state index in [9.17, 15) is 0 Å². The van der Waals surface area contributed by atoms with Crippen molar-refractivity contribution in [1.82, 2.24) is 15.5 Å². The normalized spacial score (nSPS) is 36.2. The molecule has 0 saturated carbocycles. The van der Waals surface area contributed by atoms with Crippen molar-refractivity contribution in [2.75, 3.05) is 6.54 Å². The zero-order chi connectivity index (χ0) is 18.9. The van der Waals surface area contributed by atoms with Gasteiger partial charge >= 0.3 is 0 Å². The average Bonchev–Trinajstić information content (AvgIpc) is 3.19. The Morgan fingerprint density at radius 3 is 2.32 bits per heavy atom. The lowest BCUT2D eigenvalue weighted by atomic mass is 9.90. The summed E-state index contributed by atoms with van der Waals surface area (Å²) in [5, 5.41) is 9.04. The molecule has 0 amide bonds. The molecule has 3 aliphatic heterocycles. The Labute approximate surface area is 173 Å². The number of fused-ring (bicyclic) bond motifs is 1. The van der Waals surface area contributed by atoms with E-state index in [2.05, 4.69) is 94.9 Å². The molecule has 6 atom stereocenters. The van der Waals surface area contributed by atoms with Gasteiger partial charge in [-0.05, 0) is 43.9 Å². The molecule has 4 heteroatoms. The first-order chi connectivity index (χ1) is 13.8. The van der Waals surface area contributed by atoms with E-state index in [0.29, 0.717) is 28.7 Å². The fourth-order valence-corrected chi connectivity index (χ4v) is 6.94. The highest BCUT2D eigenvalue weighted by molar-refractivity contribution is 8.00. The lowest BCUT2D eigenvalue weighted by Gasteiger charge is -2.49. The van der Waals surface area contributed by atoms with E-state index in [0.717, 1.165) is 0 Å². The van der Waals surface area contributed by atoms with Crippen molar-refractivity contribution in [3.05, 3.63) is 71.8 Å². The summed E-state index contributed by atoms with van der Waals surface area (Å²) in [5.74, 6) is 0.635. The van der Waals surface area contributed by atoms with Gasteiger partial charge in [-0.15, -0.1) is 11.8 Å². The minimum absolute atomic E-state index is 0.226. The van der Waals surface area contributed by atoms with Crippen molar-refractivity contribution in [3.63, 3.8) is 0 Å². The van der Waals surface area contributed by atoms with Crippen molar-refractivity contribution in [2.24, 2.45) is 5.92 Å². The average molecular weight is 394 g/mol. The van der Waals surface area contributed by atoms with Gasteiger partial charge in [0.15, 0.2) is 0 Å². The molecule has 3 fully saturated rings. The van der Waals surface area contributed by atoms with Crippen LogP contribution in [0.2, 0.25) is 0 Å². The Balaban J connectivity index is 1.43. The smallest absolute Gasteiger partial charge is 0.0856 e. The Hall–Kier alpha value is -1.33. The first kappa shape index (κ1) is 18.7. The maximum absolute atomic E-state index is 4.01. The fraction of sp³-hybridized carbons (Fsp3) is 0.500. The molecule has 148 valence electrons. The molecule has 0 radical (unpaired) electrons. The predicted molar refractivity (Wildman–Crippen MR) is 118 cm³/mol. The molecule has 3 heterocycles. The molecule has 2 aromatic carbocycles. The largest absolute Gasteiger partial charge is 0.286 e. The maximum atomic E-state index is 4.01. The third-order valence-corrected chi connectivity index (χ3v) is 8.35. The quantitative estimate of drug-likeness (QED) is 0.776. The number of rotatable bonds is 3. The molecule has 3 nitrogen and oxygen atoms in total. The van der Waals surface area contributed by atoms with Gasteiger partial charge in [0, 0.05) is 17.2 Å². The van der Waals surface area contributed by atoms with Gasteiger partial charge in [-0.1, -0.05) is 67.1 Å². The zero-order valence-electron chi connectivity index (χ0n) is 16.6. The van der Waals surface area contributed by atoms with E-state index in [1.165, 1.54) is 43.4 Å². The summed E-state index contributed by atoms with van der Waals surface area (Å²) in [5.41, 5.74) is 2.82. The van der Waals surface area contributed by atoms with Crippen LogP contribution in [0.4, 0.5) is 0 Å². The highest BCUT2D eigenvalue weighted by Crippen LogP contribution is 2.51. The van der Waals surface area contributed by atoms with Crippen molar-refractivity contribution in [1.29, 1.82) is 0 Å². The standard InChI is InChI=1S/C24H31N3S/c1-17-10-8-9-15-27(17)23-20-16-21(18-11-4-2-5-12-18)28-24(20)26-22(25-23)19-13-6-3-7-14-19/h2-7,11-14,17,20-26H,8-10,15-16H2,1H3. The monoisotopic (exact) mass is 393 g/mol. The highest BCUT2D eigenvalue weighted by Gasteiger charge is 2.47. The SMILES string of the molecule is CC1CCCCN1C1NC(c2ccccc2)NC2SC(c3ccccc3)CC21. The number of piperidine rings is 1. The van der Waals surface area contributed by atoms with Crippen LogP contribution in [0.1, 0.15) is 55.1 Å². The van der Waals surface area contributed by atoms with Crippen molar-refractivity contribution < 1.29 is 0 Å². The number of benzene rings is 2. The molecule has 2 N–H and O–H groups in total. The van der Waals surface area contributed by atoms with Gasteiger partial charge in [-0.25, -0.2) is 0 Å². The molecule has 3 saturated heterocycles. The molecule has 0 bridgehead atoms. The molecule has 0 spiro atoms. The van der Waals surface area contributed by atoms with E-state index in [4.69, 9.17) is 0 Å². The molecule has 0 aliphatic carbocycles. The minimum Gasteiger partial charge on any atom is -0.286 e. The Kier molecular flexibility index (Phi) is 5.47. The summed E-state index contributed by atoms with van der Waals surface area (Å²) in [6, 6.07) is 22.7. The lowest BCUT2D eigenvalue weighted by Crippen LogP contribution is -2.64. The van der Waals surface area contributed by atoms with Crippen LogP contribution >= 0.6 is 11.8 Å². The van der Waals surface area contributed by atoms with Crippen LogP contribution in [0.25, 0.3) is 0 Å². The summed E-state index contributed by atoms with van der Waals surface area (Å²) in [4.78, 5) is 2.77. The molecular formula is C24H31N3S. The highest BCUT2D eigenvalue weighted by atomic mass is 32.2. The second-order valence-electron chi connectivity index (χ2n) is 8.56. The Morgan fingerprint density at radius 2 is 1.61 bits per heavy atom. The second kappa shape index (κ2) is 8.19. The number of hydrogen-bond acceptors (Lipinski definition) is 4. The van der Waals surface area contributed by atoms with E-state index in [1.807, 2.05) is 0 Å². The lowest BCUT2D eigenvalue weighted by molar-refractivity contribution is 0.0125. The maximum Gasteiger partial charge on any atom is 0.0856 e. The van der Waals surface area contributed by atoms with Crippen molar-refractivity contribution in [2.45, 2.75) is 61.6 Å². The second-order valence-corrected chi connectivity index (χ2v) is 9.91. The molecule has 2 aromatic rings. The van der Waals surface area contributed by atoms with Gasteiger partial charge in [0.25, 0.3) is 0 Å². The van der Waals surface area contributed by atoms with E-state index in [1.54, 1.807) is 0 Å². The van der Waals surface area contributed by atoms with E-state index < -0.39 is 0 Å². The third kappa shape index (κ3) is 3.63. The Morgan fingerprint density at radius 1 is 0.893 bits per heavy atom. The van der Waals surface area contributed by atoms with Gasteiger partial charge in [0.1, 0.15) is 0 Å². The number of nitrogens with zero attached hydrogens (tertiary/aromatic N) is 1. The molecular weight excluding hydrogens is 362 g/mol. The van der Waals surface area contributed by atoms with Crippen molar-refractivity contribution >= 4 is 11.8 Å². The molecule has 28 heavy (non-hydrogen) atoms. The first-order valence-electron chi connectivity index (χ1n) is 10.8. The van der Waals surface area contributed by atoms with Crippen LogP contribution in [0, 0.1) is 5.92 Å². The van der Waals surface area contributed by atoms with Crippen LogP contribution in [-0.2, 0) is 0 Å². The minimum atomic E-state index is 0.226. The molecule has 3 aliphatic rings. The number of nitrogens with one attached hydrogen (secondary N) is 2. The molecule has 0 aromatic heterocycles. The van der Waals surface area contributed by atoms with Gasteiger partial charge in [0.05, 0.1) is 17.7 Å². The first-order valence-corrected chi connectivity index (χ1v) is 11.8. The van der Waals surface area contributed by atoms with Crippen LogP contribution < -0.4 is 10.6 Å². The van der Waals surface area contributed by atoms with Gasteiger partial charge in [-0.2, -0.15) is 0 Å². The van der Waals surface area contributed by atoms with Gasteiger partial charge < -0.3 is 0 Å². The van der Waals surface area contributed by atoms with Crippen LogP contribution in [0.3, 0.4) is 0 Å². The Bertz CT molecular complexity index is 768. The third-order valence-electron chi connectivity index (χ3n) is 6.78. The summed E-state index contributed by atoms with van der Waals surface area (Å²) >= 11 is 2.14. The van der Waals surface area contributed by atoms with Crippen LogP contribution in [0.15, 0.2) is 60.7 Å². The summed E-state index contributed by atoms with van der Waals surface area (Å²) in [6.45, 7) is 3.65. The van der Waals surface area contributed by atoms with E-state index >= 15 is 0 Å². The predicted octanol–water partition coefficient (Wildman–Crippen LogP) is 4.90. The summed E-state index contributed by atoms with van der Waals surface area (Å²) < 4.78 is 0. The topological polar surface area (TPSA) is 27.3 Å². The van der Waals surface area contributed by atoms with Crippen LogP contribution in [0.5, 0.6) is 0 Å². The van der Waals surface area contributed by atoms with Gasteiger partial charge in [-0.3, -0.25) is 15.5 Å². The number of thioether (sulfide) groups is 1. The number of likely N-dealkylation sites (tertiary alicyclic amines) is 1. The van der Waals surface area contributed by atoms with Gasteiger partial charge in [0.2, 0.25) is 0 Å².